The Balaban J connectivity index is 0.00000385. The van der Waals surface area contributed by atoms with Gasteiger partial charge in [-0.05, 0) is 29.8 Å². The third-order valence-electron chi connectivity index (χ3n) is 4.56. The SMILES string of the molecule is COc1cncc(N(C)C(=O)[C@H](Cc2cc(F)cc(F)c2)NC(=O)Oc2ccccc2)c1.S. The van der Waals surface area contributed by atoms with Crippen molar-refractivity contribution in [3.05, 3.63) is 84.2 Å². The lowest BCUT2D eigenvalue weighted by molar-refractivity contribution is -0.120. The smallest absolute Gasteiger partial charge is 0.413 e. The zero-order valence-electron chi connectivity index (χ0n) is 17.9. The maximum absolute atomic E-state index is 13.7. The van der Waals surface area contributed by atoms with Crippen LogP contribution in [0.1, 0.15) is 5.56 Å². The van der Waals surface area contributed by atoms with E-state index >= 15 is 0 Å². The van der Waals surface area contributed by atoms with Crippen LogP contribution >= 0.6 is 13.5 Å². The molecule has 2 amide bonds. The first-order valence-corrected chi connectivity index (χ1v) is 9.60. The molecule has 0 radical (unpaired) electrons. The van der Waals surface area contributed by atoms with Crippen LogP contribution in [0, 0.1) is 11.6 Å². The van der Waals surface area contributed by atoms with Crippen molar-refractivity contribution >= 4 is 31.2 Å². The molecule has 0 saturated carbocycles. The first-order chi connectivity index (χ1) is 15.4. The molecule has 2 aromatic carbocycles. The highest BCUT2D eigenvalue weighted by Gasteiger charge is 2.27. The van der Waals surface area contributed by atoms with Crippen LogP contribution in [0.4, 0.5) is 19.3 Å². The molecule has 3 aromatic rings. The number of anilines is 1. The highest BCUT2D eigenvalue weighted by Crippen LogP contribution is 2.20. The summed E-state index contributed by atoms with van der Waals surface area (Å²) < 4.78 is 37.7. The van der Waals surface area contributed by atoms with E-state index < -0.39 is 29.7 Å². The predicted molar refractivity (Wildman–Crippen MR) is 124 cm³/mol. The quantitative estimate of drug-likeness (QED) is 0.562. The first-order valence-electron chi connectivity index (χ1n) is 9.60. The Bertz CT molecular complexity index is 1080. The molecule has 1 N–H and O–H groups in total. The summed E-state index contributed by atoms with van der Waals surface area (Å²) in [5.41, 5.74) is 0.598. The van der Waals surface area contributed by atoms with Crippen molar-refractivity contribution in [3.8, 4) is 11.5 Å². The summed E-state index contributed by atoms with van der Waals surface area (Å²) in [6.45, 7) is 0. The Morgan fingerprint density at radius 3 is 2.33 bits per heavy atom. The number of hydrogen-bond acceptors (Lipinski definition) is 5. The van der Waals surface area contributed by atoms with E-state index in [-0.39, 0.29) is 31.2 Å². The van der Waals surface area contributed by atoms with E-state index in [2.05, 4.69) is 10.3 Å². The molecule has 10 heteroatoms. The van der Waals surface area contributed by atoms with Crippen molar-refractivity contribution in [2.45, 2.75) is 12.5 Å². The lowest BCUT2D eigenvalue weighted by atomic mass is 10.0. The fourth-order valence-corrected chi connectivity index (χ4v) is 3.00. The van der Waals surface area contributed by atoms with Crippen molar-refractivity contribution in [2.24, 2.45) is 0 Å². The number of carbonyl (C=O) groups excluding carboxylic acids is 2. The number of methoxy groups -OCH3 is 1. The van der Waals surface area contributed by atoms with Crippen LogP contribution in [0.3, 0.4) is 0 Å². The molecule has 1 heterocycles. The largest absolute Gasteiger partial charge is 0.495 e. The van der Waals surface area contributed by atoms with Crippen LogP contribution in [0.2, 0.25) is 0 Å². The Labute approximate surface area is 196 Å². The molecule has 1 atom stereocenters. The number of halogens is 2. The van der Waals surface area contributed by atoms with Crippen molar-refractivity contribution < 1.29 is 27.8 Å². The molecule has 3 rings (SSSR count). The van der Waals surface area contributed by atoms with Gasteiger partial charge in [0.2, 0.25) is 5.91 Å². The number of carbonyl (C=O) groups is 2. The van der Waals surface area contributed by atoms with Crippen molar-refractivity contribution in [1.82, 2.24) is 10.3 Å². The summed E-state index contributed by atoms with van der Waals surface area (Å²) in [5, 5.41) is 2.48. The Morgan fingerprint density at radius 1 is 1.03 bits per heavy atom. The average molecular weight is 476 g/mol. The molecule has 174 valence electrons. The van der Waals surface area contributed by atoms with E-state index in [1.165, 1.54) is 31.5 Å². The van der Waals surface area contributed by atoms with Crippen LogP contribution in [0.25, 0.3) is 0 Å². The number of amides is 2. The standard InChI is InChI=1S/C23H21F2N3O4.H2S/c1-28(18-12-20(31-2)14-26-13-18)22(29)21(10-15-8-16(24)11-17(25)9-15)27-23(30)32-19-6-4-3-5-7-19;/h3-9,11-14,21H,10H2,1-2H3,(H,27,30);1H2/t21-;/m0./s1. The number of rotatable bonds is 7. The van der Waals surface area contributed by atoms with Crippen molar-refractivity contribution in [3.63, 3.8) is 0 Å². The Morgan fingerprint density at radius 2 is 1.70 bits per heavy atom. The molecule has 0 saturated heterocycles. The lowest BCUT2D eigenvalue weighted by Crippen LogP contribution is -2.49. The van der Waals surface area contributed by atoms with E-state index in [4.69, 9.17) is 9.47 Å². The zero-order valence-corrected chi connectivity index (χ0v) is 18.9. The van der Waals surface area contributed by atoms with Crippen molar-refractivity contribution in [1.29, 1.82) is 0 Å². The van der Waals surface area contributed by atoms with Gasteiger partial charge in [0.1, 0.15) is 29.2 Å². The van der Waals surface area contributed by atoms with E-state index in [1.54, 1.807) is 36.4 Å². The number of pyridine rings is 1. The van der Waals surface area contributed by atoms with Gasteiger partial charge in [-0.15, -0.1) is 0 Å². The summed E-state index contributed by atoms with van der Waals surface area (Å²) in [4.78, 5) is 30.9. The molecule has 7 nitrogen and oxygen atoms in total. The molecule has 33 heavy (non-hydrogen) atoms. The fourth-order valence-electron chi connectivity index (χ4n) is 3.00. The van der Waals surface area contributed by atoms with Gasteiger partial charge in [-0.25, -0.2) is 13.6 Å². The van der Waals surface area contributed by atoms with E-state index in [0.29, 0.717) is 11.4 Å². The number of aromatic nitrogens is 1. The molecule has 0 aliphatic carbocycles. The molecule has 0 spiro atoms. The molecular formula is C23H23F2N3O4S. The second-order valence-corrected chi connectivity index (χ2v) is 6.86. The normalized spacial score (nSPS) is 11.0. The van der Waals surface area contributed by atoms with E-state index in [0.717, 1.165) is 18.2 Å². The third kappa shape index (κ3) is 7.18. The van der Waals surface area contributed by atoms with E-state index in [1.807, 2.05) is 0 Å². The Hall–Kier alpha value is -3.66. The van der Waals surface area contributed by atoms with Gasteiger partial charge in [-0.2, -0.15) is 13.5 Å². The number of para-hydroxylation sites is 1. The number of ether oxygens (including phenoxy) is 2. The summed E-state index contributed by atoms with van der Waals surface area (Å²) in [7, 11) is 2.95. The number of nitrogens with one attached hydrogen (secondary N) is 1. The van der Waals surface area contributed by atoms with Crippen LogP contribution < -0.4 is 19.7 Å². The number of benzene rings is 2. The molecule has 0 aliphatic rings. The second-order valence-electron chi connectivity index (χ2n) is 6.86. The highest BCUT2D eigenvalue weighted by atomic mass is 32.1. The number of hydrogen-bond donors (Lipinski definition) is 1. The number of nitrogens with zero attached hydrogens (tertiary/aromatic N) is 2. The molecule has 0 fully saturated rings. The summed E-state index contributed by atoms with van der Waals surface area (Å²) in [5.74, 6) is -1.41. The molecule has 0 bridgehead atoms. The lowest BCUT2D eigenvalue weighted by Gasteiger charge is -2.24. The minimum Gasteiger partial charge on any atom is -0.495 e. The van der Waals surface area contributed by atoms with Gasteiger partial charge in [-0.3, -0.25) is 9.78 Å². The van der Waals surface area contributed by atoms with Gasteiger partial charge >= 0.3 is 6.09 Å². The fraction of sp³-hybridized carbons (Fsp3) is 0.174. The molecule has 1 aromatic heterocycles. The minimum atomic E-state index is -1.18. The van der Waals surface area contributed by atoms with Crippen LogP contribution in [0.5, 0.6) is 11.5 Å². The zero-order chi connectivity index (χ0) is 23.1. The monoisotopic (exact) mass is 475 g/mol. The first kappa shape index (κ1) is 25.6. The topological polar surface area (TPSA) is 80.8 Å². The van der Waals surface area contributed by atoms with Gasteiger partial charge in [0, 0.05) is 25.6 Å². The van der Waals surface area contributed by atoms with Gasteiger partial charge in [-0.1, -0.05) is 18.2 Å². The summed E-state index contributed by atoms with van der Waals surface area (Å²) in [6.07, 6.45) is 1.87. The predicted octanol–water partition coefficient (Wildman–Crippen LogP) is 3.84. The molecular weight excluding hydrogens is 452 g/mol. The van der Waals surface area contributed by atoms with Gasteiger partial charge in [0.05, 0.1) is 25.2 Å². The number of likely N-dealkylation sites (N-methyl/N-ethyl adjacent to an activating group) is 1. The Kier molecular flexibility index (Phi) is 9.17. The maximum atomic E-state index is 13.7. The van der Waals surface area contributed by atoms with Gasteiger partial charge in [0.25, 0.3) is 0 Å². The van der Waals surface area contributed by atoms with Crippen LogP contribution in [0.15, 0.2) is 67.0 Å². The minimum absolute atomic E-state index is 0. The second kappa shape index (κ2) is 11.8. The highest BCUT2D eigenvalue weighted by molar-refractivity contribution is 7.59. The average Bonchev–Trinajstić information content (AvgIpc) is 2.77. The van der Waals surface area contributed by atoms with Crippen LogP contribution in [-0.4, -0.2) is 37.2 Å². The van der Waals surface area contributed by atoms with Crippen LogP contribution in [-0.2, 0) is 11.2 Å². The van der Waals surface area contributed by atoms with E-state index in [9.17, 15) is 18.4 Å². The third-order valence-corrected chi connectivity index (χ3v) is 4.56. The van der Waals surface area contributed by atoms with Gasteiger partial charge < -0.3 is 19.7 Å². The molecule has 0 unspecified atom stereocenters. The summed E-state index contributed by atoms with van der Waals surface area (Å²) in [6, 6.07) is 11.6. The maximum Gasteiger partial charge on any atom is 0.413 e. The molecule has 0 aliphatic heterocycles. The van der Waals surface area contributed by atoms with Crippen molar-refractivity contribution in [2.75, 3.05) is 19.1 Å². The summed E-state index contributed by atoms with van der Waals surface area (Å²) >= 11 is 0. The van der Waals surface area contributed by atoms with Gasteiger partial charge in [0.15, 0.2) is 0 Å².